The molecule has 1 heterocycles. The molecule has 1 amide bonds. The number of carbonyl (C=O) groups excluding carboxylic acids is 1. The predicted octanol–water partition coefficient (Wildman–Crippen LogP) is 4.38. The van der Waals surface area contributed by atoms with Crippen LogP contribution in [0.3, 0.4) is 0 Å². The Bertz CT molecular complexity index is 823. The fourth-order valence-electron chi connectivity index (χ4n) is 3.03. The number of H-pyrrole nitrogens is 1. The summed E-state index contributed by atoms with van der Waals surface area (Å²) in [4.78, 5) is 15.2. The number of hydrogen-bond donors (Lipinski definition) is 2. The summed E-state index contributed by atoms with van der Waals surface area (Å²) in [7, 11) is 0. The molecule has 0 atom stereocenters. The summed E-state index contributed by atoms with van der Waals surface area (Å²) in [5.41, 5.74) is 3.47. The van der Waals surface area contributed by atoms with Crippen molar-refractivity contribution >= 4 is 16.8 Å². The van der Waals surface area contributed by atoms with Gasteiger partial charge in [0.15, 0.2) is 0 Å². The lowest BCUT2D eigenvalue weighted by Gasteiger charge is -2.05. The Morgan fingerprint density at radius 2 is 1.80 bits per heavy atom. The zero-order valence-corrected chi connectivity index (χ0v) is 14.2. The highest BCUT2D eigenvalue weighted by molar-refractivity contribution is 5.83. The highest BCUT2D eigenvalue weighted by atomic mass is 19.1. The van der Waals surface area contributed by atoms with Crippen molar-refractivity contribution in [3.8, 4) is 0 Å². The first-order valence-electron chi connectivity index (χ1n) is 8.78. The summed E-state index contributed by atoms with van der Waals surface area (Å²) in [6, 6.07) is 14.7. The number of halogens is 1. The number of para-hydroxylation sites is 1. The summed E-state index contributed by atoms with van der Waals surface area (Å²) in [5.74, 6) is -0.114. The number of aromatic nitrogens is 1. The van der Waals surface area contributed by atoms with E-state index in [4.69, 9.17) is 0 Å². The minimum absolute atomic E-state index is 0.0962. The Morgan fingerprint density at radius 3 is 2.64 bits per heavy atom. The maximum atomic E-state index is 12.8. The molecule has 0 aliphatic carbocycles. The van der Waals surface area contributed by atoms with Crippen LogP contribution in [-0.4, -0.2) is 17.4 Å². The van der Waals surface area contributed by atoms with Gasteiger partial charge in [-0.3, -0.25) is 4.79 Å². The topological polar surface area (TPSA) is 44.9 Å². The van der Waals surface area contributed by atoms with Gasteiger partial charge in [-0.05, 0) is 55.0 Å². The van der Waals surface area contributed by atoms with E-state index < -0.39 is 0 Å². The van der Waals surface area contributed by atoms with Crippen LogP contribution in [0.1, 0.15) is 30.4 Å². The van der Waals surface area contributed by atoms with E-state index in [0.29, 0.717) is 13.0 Å². The normalized spacial score (nSPS) is 10.9. The van der Waals surface area contributed by atoms with Gasteiger partial charge in [0, 0.05) is 30.1 Å². The van der Waals surface area contributed by atoms with Crippen LogP contribution in [0.15, 0.2) is 54.7 Å². The molecule has 2 aromatic carbocycles. The van der Waals surface area contributed by atoms with Gasteiger partial charge in [-0.1, -0.05) is 30.3 Å². The van der Waals surface area contributed by atoms with E-state index in [-0.39, 0.29) is 11.7 Å². The van der Waals surface area contributed by atoms with Crippen molar-refractivity contribution in [3.63, 3.8) is 0 Å². The maximum absolute atomic E-state index is 12.8. The number of benzene rings is 2. The number of rotatable bonds is 8. The molecule has 3 aromatic rings. The first-order valence-corrected chi connectivity index (χ1v) is 8.78. The number of aromatic amines is 1. The number of carbonyl (C=O) groups is 1. The van der Waals surface area contributed by atoms with Gasteiger partial charge in [0.1, 0.15) is 5.82 Å². The third-order valence-corrected chi connectivity index (χ3v) is 4.42. The van der Waals surface area contributed by atoms with Gasteiger partial charge in [-0.15, -0.1) is 0 Å². The fraction of sp³-hybridized carbons (Fsp3) is 0.286. The smallest absolute Gasteiger partial charge is 0.220 e. The number of amides is 1. The molecular weight excluding hydrogens is 315 g/mol. The maximum Gasteiger partial charge on any atom is 0.220 e. The van der Waals surface area contributed by atoms with Gasteiger partial charge >= 0.3 is 0 Å². The lowest BCUT2D eigenvalue weighted by Crippen LogP contribution is -2.25. The second-order valence-corrected chi connectivity index (χ2v) is 6.29. The number of unbranched alkanes of at least 4 members (excludes halogenated alkanes) is 1. The summed E-state index contributed by atoms with van der Waals surface area (Å²) >= 11 is 0. The molecule has 0 fully saturated rings. The van der Waals surface area contributed by atoms with Crippen LogP contribution in [0.5, 0.6) is 0 Å². The molecule has 0 spiro atoms. The highest BCUT2D eigenvalue weighted by Crippen LogP contribution is 2.17. The van der Waals surface area contributed by atoms with Gasteiger partial charge in [-0.2, -0.15) is 0 Å². The molecule has 130 valence electrons. The van der Waals surface area contributed by atoms with E-state index in [2.05, 4.69) is 22.4 Å². The quantitative estimate of drug-likeness (QED) is 0.588. The second kappa shape index (κ2) is 8.47. The largest absolute Gasteiger partial charge is 0.361 e. The van der Waals surface area contributed by atoms with Gasteiger partial charge in [-0.25, -0.2) is 4.39 Å². The Labute approximate surface area is 147 Å². The molecule has 0 unspecified atom stereocenters. The molecule has 0 saturated carbocycles. The molecule has 0 aliphatic heterocycles. The number of hydrogen-bond acceptors (Lipinski definition) is 1. The van der Waals surface area contributed by atoms with Crippen molar-refractivity contribution in [2.45, 2.75) is 32.1 Å². The third-order valence-electron chi connectivity index (χ3n) is 4.42. The Kier molecular flexibility index (Phi) is 5.83. The van der Waals surface area contributed by atoms with E-state index in [1.807, 2.05) is 18.3 Å². The average molecular weight is 338 g/mol. The van der Waals surface area contributed by atoms with Gasteiger partial charge in [0.25, 0.3) is 0 Å². The molecule has 4 heteroatoms. The summed E-state index contributed by atoms with van der Waals surface area (Å²) in [6.07, 6.45) is 6.03. The molecular formula is C21H23FN2O. The van der Waals surface area contributed by atoms with E-state index in [0.717, 1.165) is 36.8 Å². The molecule has 0 bridgehead atoms. The molecule has 0 saturated heterocycles. The molecule has 0 radical (unpaired) electrons. The molecule has 0 aliphatic rings. The summed E-state index contributed by atoms with van der Waals surface area (Å²) < 4.78 is 12.8. The van der Waals surface area contributed by atoms with Crippen molar-refractivity contribution in [3.05, 3.63) is 71.7 Å². The Balaban J connectivity index is 1.33. The molecule has 25 heavy (non-hydrogen) atoms. The number of aryl methyl sites for hydroxylation is 1. The average Bonchev–Trinajstić information content (AvgIpc) is 3.04. The summed E-state index contributed by atoms with van der Waals surface area (Å²) in [6.45, 7) is 0.651. The third kappa shape index (κ3) is 4.92. The fourth-order valence-corrected chi connectivity index (χ4v) is 3.03. The van der Waals surface area contributed by atoms with Crippen LogP contribution in [0.25, 0.3) is 10.9 Å². The van der Waals surface area contributed by atoms with Gasteiger partial charge < -0.3 is 10.3 Å². The lowest BCUT2D eigenvalue weighted by atomic mass is 10.1. The van der Waals surface area contributed by atoms with Crippen LogP contribution < -0.4 is 5.32 Å². The number of fused-ring (bicyclic) bond motifs is 1. The SMILES string of the molecule is O=C(CCCCc1ccc(F)cc1)NCCc1c[nH]c2ccccc12. The lowest BCUT2D eigenvalue weighted by molar-refractivity contribution is -0.121. The van der Waals surface area contributed by atoms with Crippen molar-refractivity contribution in [2.24, 2.45) is 0 Å². The highest BCUT2D eigenvalue weighted by Gasteiger charge is 2.05. The van der Waals surface area contributed by atoms with Gasteiger partial charge in [0.2, 0.25) is 5.91 Å². The van der Waals surface area contributed by atoms with Crippen molar-refractivity contribution < 1.29 is 9.18 Å². The van der Waals surface area contributed by atoms with Gasteiger partial charge in [0.05, 0.1) is 0 Å². The molecule has 3 nitrogen and oxygen atoms in total. The minimum atomic E-state index is -0.210. The van der Waals surface area contributed by atoms with Crippen LogP contribution >= 0.6 is 0 Å². The van der Waals surface area contributed by atoms with Crippen LogP contribution in [-0.2, 0) is 17.6 Å². The monoisotopic (exact) mass is 338 g/mol. The van der Waals surface area contributed by atoms with Crippen LogP contribution in [0, 0.1) is 5.82 Å². The van der Waals surface area contributed by atoms with Crippen molar-refractivity contribution in [1.29, 1.82) is 0 Å². The van der Waals surface area contributed by atoms with E-state index in [1.165, 1.54) is 23.1 Å². The van der Waals surface area contributed by atoms with E-state index in [9.17, 15) is 9.18 Å². The standard InChI is InChI=1S/C21H23FN2O/c22-18-11-9-16(10-12-18)5-1-4-8-21(25)23-14-13-17-15-24-20-7-3-2-6-19(17)20/h2-3,6-7,9-12,15,24H,1,4-5,8,13-14H2,(H,23,25). The minimum Gasteiger partial charge on any atom is -0.361 e. The molecule has 1 aromatic heterocycles. The zero-order valence-electron chi connectivity index (χ0n) is 14.2. The first-order chi connectivity index (χ1) is 12.2. The zero-order chi connectivity index (χ0) is 17.5. The molecule has 3 rings (SSSR count). The predicted molar refractivity (Wildman–Crippen MR) is 99.0 cm³/mol. The Hall–Kier alpha value is -2.62. The van der Waals surface area contributed by atoms with Crippen molar-refractivity contribution in [2.75, 3.05) is 6.54 Å². The Morgan fingerprint density at radius 1 is 1.00 bits per heavy atom. The first kappa shape index (κ1) is 17.2. The van der Waals surface area contributed by atoms with Crippen LogP contribution in [0.4, 0.5) is 4.39 Å². The second-order valence-electron chi connectivity index (χ2n) is 6.29. The van der Waals surface area contributed by atoms with E-state index in [1.54, 1.807) is 12.1 Å². The van der Waals surface area contributed by atoms with E-state index >= 15 is 0 Å². The van der Waals surface area contributed by atoms with Crippen LogP contribution in [0.2, 0.25) is 0 Å². The number of nitrogens with one attached hydrogen (secondary N) is 2. The van der Waals surface area contributed by atoms with Crippen molar-refractivity contribution in [1.82, 2.24) is 10.3 Å². The molecule has 2 N–H and O–H groups in total. The summed E-state index contributed by atoms with van der Waals surface area (Å²) in [5, 5.41) is 4.21.